The van der Waals surface area contributed by atoms with Crippen LogP contribution in [-0.2, 0) is 11.3 Å². The number of nitrogens with zero attached hydrogens (tertiary/aromatic N) is 2. The smallest absolute Gasteiger partial charge is 0.337 e. The van der Waals surface area contributed by atoms with Crippen molar-refractivity contribution in [2.75, 3.05) is 13.7 Å². The summed E-state index contributed by atoms with van der Waals surface area (Å²) in [5.41, 5.74) is 2.57. The lowest BCUT2D eigenvalue weighted by Crippen LogP contribution is -2.09. The summed E-state index contributed by atoms with van der Waals surface area (Å²) in [5, 5.41) is 9.21. The fourth-order valence-electron chi connectivity index (χ4n) is 2.06. The maximum atomic E-state index is 11.2. The van der Waals surface area contributed by atoms with Crippen LogP contribution in [0.15, 0.2) is 30.5 Å². The summed E-state index contributed by atoms with van der Waals surface area (Å²) in [5.74, 6) is -0.925. The van der Waals surface area contributed by atoms with Crippen LogP contribution in [-0.4, -0.2) is 34.3 Å². The van der Waals surface area contributed by atoms with E-state index in [0.29, 0.717) is 24.4 Å². The Hall–Kier alpha value is -2.14. The van der Waals surface area contributed by atoms with Crippen LogP contribution in [0.5, 0.6) is 0 Å². The highest BCUT2D eigenvalue weighted by molar-refractivity contribution is 5.91. The number of rotatable bonds is 5. The second-order valence-electron chi connectivity index (χ2n) is 4.19. The van der Waals surface area contributed by atoms with Crippen LogP contribution in [0.2, 0.25) is 0 Å². The monoisotopic (exact) mass is 260 g/mol. The molecule has 2 rings (SSSR count). The van der Waals surface area contributed by atoms with Gasteiger partial charge in [0.05, 0.1) is 23.6 Å². The van der Waals surface area contributed by atoms with E-state index in [1.54, 1.807) is 26.3 Å². The molecule has 19 heavy (non-hydrogen) atoms. The van der Waals surface area contributed by atoms with Gasteiger partial charge >= 0.3 is 5.97 Å². The van der Waals surface area contributed by atoms with Gasteiger partial charge in [0, 0.05) is 25.5 Å². The van der Waals surface area contributed by atoms with Gasteiger partial charge in [-0.1, -0.05) is 6.07 Å². The van der Waals surface area contributed by atoms with Crippen molar-refractivity contribution in [1.82, 2.24) is 9.55 Å². The fraction of sp³-hybridized carbons (Fsp3) is 0.286. The van der Waals surface area contributed by atoms with Crippen molar-refractivity contribution in [3.63, 3.8) is 0 Å². The van der Waals surface area contributed by atoms with Gasteiger partial charge in [-0.25, -0.2) is 4.79 Å². The topological polar surface area (TPSA) is 64.4 Å². The van der Waals surface area contributed by atoms with Crippen molar-refractivity contribution in [1.29, 1.82) is 0 Å². The van der Waals surface area contributed by atoms with Crippen molar-refractivity contribution >= 4 is 5.97 Å². The van der Waals surface area contributed by atoms with Crippen LogP contribution < -0.4 is 0 Å². The Bertz CT molecular complexity index is 576. The first-order valence-electron chi connectivity index (χ1n) is 5.99. The number of pyridine rings is 1. The molecule has 2 aromatic rings. The number of aromatic carboxylic acids is 1. The van der Waals surface area contributed by atoms with Gasteiger partial charge in [0.15, 0.2) is 0 Å². The lowest BCUT2D eigenvalue weighted by molar-refractivity contribution is 0.0696. The zero-order valence-corrected chi connectivity index (χ0v) is 11.0. The zero-order valence-electron chi connectivity index (χ0n) is 11.0. The average Bonchev–Trinajstić information content (AvgIpc) is 2.75. The number of hydrogen-bond donors (Lipinski definition) is 1. The molecule has 2 aromatic heterocycles. The zero-order chi connectivity index (χ0) is 13.8. The second-order valence-corrected chi connectivity index (χ2v) is 4.19. The Kier molecular flexibility index (Phi) is 3.97. The molecule has 0 aliphatic carbocycles. The summed E-state index contributed by atoms with van der Waals surface area (Å²) >= 11 is 0. The van der Waals surface area contributed by atoms with Gasteiger partial charge < -0.3 is 14.4 Å². The first-order valence-corrected chi connectivity index (χ1v) is 5.99. The number of ether oxygens (including phenoxy) is 1. The number of hydrogen-bond acceptors (Lipinski definition) is 3. The van der Waals surface area contributed by atoms with Crippen LogP contribution in [0.25, 0.3) is 11.4 Å². The summed E-state index contributed by atoms with van der Waals surface area (Å²) < 4.78 is 7.00. The predicted molar refractivity (Wildman–Crippen MR) is 71.2 cm³/mol. The summed E-state index contributed by atoms with van der Waals surface area (Å²) in [4.78, 5) is 15.5. The minimum atomic E-state index is -0.925. The van der Waals surface area contributed by atoms with Crippen LogP contribution in [0.4, 0.5) is 0 Å². The van der Waals surface area contributed by atoms with Gasteiger partial charge in [-0.15, -0.1) is 0 Å². The molecule has 0 aliphatic heterocycles. The highest BCUT2D eigenvalue weighted by Crippen LogP contribution is 2.24. The number of aromatic nitrogens is 2. The minimum Gasteiger partial charge on any atom is -0.478 e. The van der Waals surface area contributed by atoms with E-state index in [-0.39, 0.29) is 0 Å². The van der Waals surface area contributed by atoms with Gasteiger partial charge in [-0.3, -0.25) is 4.98 Å². The molecule has 0 bridgehead atoms. The third-order valence-corrected chi connectivity index (χ3v) is 3.04. The SMILES string of the molecule is COCCn1c(-c2ccccn2)cc(C(=O)O)c1C. The van der Waals surface area contributed by atoms with Crippen molar-refractivity contribution in [2.24, 2.45) is 0 Å². The third-order valence-electron chi connectivity index (χ3n) is 3.04. The van der Waals surface area contributed by atoms with Gasteiger partial charge in [0.1, 0.15) is 0 Å². The lowest BCUT2D eigenvalue weighted by atomic mass is 10.2. The van der Waals surface area contributed by atoms with Gasteiger partial charge in [-0.05, 0) is 25.1 Å². The highest BCUT2D eigenvalue weighted by Gasteiger charge is 2.18. The number of carboxylic acids is 1. The van der Waals surface area contributed by atoms with Gasteiger partial charge in [-0.2, -0.15) is 0 Å². The Labute approximate surface area is 111 Å². The molecular weight excluding hydrogens is 244 g/mol. The molecule has 0 aromatic carbocycles. The van der Waals surface area contributed by atoms with E-state index in [1.165, 1.54) is 0 Å². The van der Waals surface area contributed by atoms with Crippen LogP contribution in [0.1, 0.15) is 16.1 Å². The van der Waals surface area contributed by atoms with Crippen molar-refractivity contribution in [2.45, 2.75) is 13.5 Å². The Morgan fingerprint density at radius 3 is 2.84 bits per heavy atom. The van der Waals surface area contributed by atoms with Crippen LogP contribution in [0.3, 0.4) is 0 Å². The predicted octanol–water partition coefficient (Wildman–Crippen LogP) is 2.20. The minimum absolute atomic E-state index is 0.303. The molecule has 0 amide bonds. The summed E-state index contributed by atoms with van der Waals surface area (Å²) in [6.07, 6.45) is 1.69. The molecule has 0 unspecified atom stereocenters. The molecule has 0 spiro atoms. The molecule has 0 saturated heterocycles. The Balaban J connectivity index is 2.52. The first-order chi connectivity index (χ1) is 9.15. The lowest BCUT2D eigenvalue weighted by Gasteiger charge is -2.10. The van der Waals surface area contributed by atoms with E-state index < -0.39 is 5.97 Å². The van der Waals surface area contributed by atoms with E-state index in [0.717, 1.165) is 11.4 Å². The van der Waals surface area contributed by atoms with Gasteiger partial charge in [0.2, 0.25) is 0 Å². The molecular formula is C14H16N2O3. The third kappa shape index (κ3) is 2.66. The molecule has 0 fully saturated rings. The number of methoxy groups -OCH3 is 1. The fourth-order valence-corrected chi connectivity index (χ4v) is 2.06. The van der Waals surface area contributed by atoms with Gasteiger partial charge in [0.25, 0.3) is 0 Å². The van der Waals surface area contributed by atoms with Crippen molar-refractivity contribution < 1.29 is 14.6 Å². The Morgan fingerprint density at radius 2 is 2.26 bits per heavy atom. The van der Waals surface area contributed by atoms with Crippen LogP contribution >= 0.6 is 0 Å². The number of carbonyl (C=O) groups is 1. The average molecular weight is 260 g/mol. The van der Waals surface area contributed by atoms with E-state index in [2.05, 4.69) is 4.98 Å². The molecule has 5 nitrogen and oxygen atoms in total. The standard InChI is InChI=1S/C14H16N2O3/c1-10-11(14(17)18)9-13(16(10)7-8-19-2)12-5-3-4-6-15-12/h3-6,9H,7-8H2,1-2H3,(H,17,18). The summed E-state index contributed by atoms with van der Waals surface area (Å²) in [6.45, 7) is 2.92. The maximum absolute atomic E-state index is 11.2. The molecule has 1 N–H and O–H groups in total. The Morgan fingerprint density at radius 1 is 1.47 bits per heavy atom. The largest absolute Gasteiger partial charge is 0.478 e. The molecule has 5 heteroatoms. The quantitative estimate of drug-likeness (QED) is 0.895. The maximum Gasteiger partial charge on any atom is 0.337 e. The highest BCUT2D eigenvalue weighted by atomic mass is 16.5. The van der Waals surface area contributed by atoms with E-state index in [4.69, 9.17) is 4.74 Å². The van der Waals surface area contributed by atoms with E-state index in [1.807, 2.05) is 22.8 Å². The molecule has 0 saturated carbocycles. The van der Waals surface area contributed by atoms with E-state index >= 15 is 0 Å². The molecule has 2 heterocycles. The summed E-state index contributed by atoms with van der Waals surface area (Å²) in [7, 11) is 1.62. The first kappa shape index (κ1) is 13.3. The van der Waals surface area contributed by atoms with Crippen molar-refractivity contribution in [3.8, 4) is 11.4 Å². The summed E-state index contributed by atoms with van der Waals surface area (Å²) in [6, 6.07) is 7.24. The second kappa shape index (κ2) is 5.67. The molecule has 0 atom stereocenters. The molecule has 100 valence electrons. The normalized spacial score (nSPS) is 10.6. The van der Waals surface area contributed by atoms with Crippen LogP contribution in [0, 0.1) is 6.92 Å². The molecule has 0 radical (unpaired) electrons. The molecule has 0 aliphatic rings. The van der Waals surface area contributed by atoms with Crippen molar-refractivity contribution in [3.05, 3.63) is 41.7 Å². The number of carboxylic acid groups (broad SMARTS) is 1. The van der Waals surface area contributed by atoms with E-state index in [9.17, 15) is 9.90 Å².